The normalized spacial score (nSPS) is 10.5. The van der Waals surface area contributed by atoms with Gasteiger partial charge in [0.2, 0.25) is 0 Å². The van der Waals surface area contributed by atoms with Crippen molar-refractivity contribution < 1.29 is 23.0 Å². The minimum atomic E-state index is -1.00. The van der Waals surface area contributed by atoms with Gasteiger partial charge >= 0.3 is 0 Å². The number of rotatable bonds is 8. The lowest BCUT2D eigenvalue weighted by Crippen LogP contribution is -2.29. The quantitative estimate of drug-likeness (QED) is 0.302. The van der Waals surface area contributed by atoms with Crippen molar-refractivity contribution in [2.75, 3.05) is 13.6 Å². The van der Waals surface area contributed by atoms with Crippen molar-refractivity contribution in [3.63, 3.8) is 0 Å². The third-order valence-electron chi connectivity index (χ3n) is 5.49. The van der Waals surface area contributed by atoms with Gasteiger partial charge in [0.1, 0.15) is 11.5 Å². The molecule has 9 heteroatoms. The van der Waals surface area contributed by atoms with Crippen LogP contribution >= 0.6 is 0 Å². The van der Waals surface area contributed by atoms with E-state index in [-0.39, 0.29) is 23.0 Å². The van der Waals surface area contributed by atoms with Crippen molar-refractivity contribution in [1.29, 1.82) is 5.26 Å². The van der Waals surface area contributed by atoms with E-state index < -0.39 is 23.4 Å². The number of hydrogen-bond acceptors (Lipinski definition) is 6. The molecular weight excluding hydrogens is 478 g/mol. The summed E-state index contributed by atoms with van der Waals surface area (Å²) in [5.74, 6) is -2.98. The molecule has 2 aromatic carbocycles. The second-order valence-electron chi connectivity index (χ2n) is 8.14. The Morgan fingerprint density at radius 2 is 1.65 bits per heavy atom. The first kappa shape index (κ1) is 25.3. The highest BCUT2D eigenvalue weighted by molar-refractivity contribution is 5.94. The Morgan fingerprint density at radius 3 is 2.30 bits per heavy atom. The van der Waals surface area contributed by atoms with Crippen LogP contribution in [0, 0.1) is 29.9 Å². The molecule has 7 nitrogen and oxygen atoms in total. The smallest absolute Gasteiger partial charge is 0.259 e. The molecule has 1 amide bonds. The van der Waals surface area contributed by atoms with E-state index in [1.54, 1.807) is 42.4 Å². The molecule has 0 atom stereocenters. The average molecular weight is 501 g/mol. The second kappa shape index (κ2) is 11.3. The maximum Gasteiger partial charge on any atom is 0.259 e. The number of ether oxygens (including phenoxy) is 2. The summed E-state index contributed by atoms with van der Waals surface area (Å²) in [5.41, 5.74) is 1.15. The van der Waals surface area contributed by atoms with Crippen LogP contribution in [-0.2, 0) is 6.42 Å². The van der Waals surface area contributed by atoms with Crippen molar-refractivity contribution >= 4 is 5.91 Å². The monoisotopic (exact) mass is 500 g/mol. The molecule has 0 N–H and O–H groups in total. The maximum absolute atomic E-state index is 14.8. The van der Waals surface area contributed by atoms with Crippen LogP contribution in [0.2, 0.25) is 0 Å². The highest BCUT2D eigenvalue weighted by Crippen LogP contribution is 2.33. The molecule has 0 saturated carbocycles. The Morgan fingerprint density at radius 1 is 0.973 bits per heavy atom. The van der Waals surface area contributed by atoms with E-state index in [4.69, 9.17) is 14.7 Å². The predicted molar refractivity (Wildman–Crippen MR) is 132 cm³/mol. The number of nitrogens with zero attached hydrogens (tertiary/aromatic N) is 4. The maximum atomic E-state index is 14.8. The average Bonchev–Trinajstić information content (AvgIpc) is 2.93. The molecule has 2 aromatic heterocycles. The molecule has 0 fully saturated rings. The number of aromatic nitrogens is 2. The third kappa shape index (κ3) is 6.05. The van der Waals surface area contributed by atoms with Gasteiger partial charge in [0.25, 0.3) is 17.7 Å². The summed E-state index contributed by atoms with van der Waals surface area (Å²) in [6.45, 7) is 1.68. The van der Waals surface area contributed by atoms with E-state index in [2.05, 4.69) is 9.97 Å². The lowest BCUT2D eigenvalue weighted by Gasteiger charge is -2.17. The zero-order chi connectivity index (χ0) is 26.4. The van der Waals surface area contributed by atoms with Gasteiger partial charge in [-0.25, -0.2) is 8.78 Å². The molecule has 0 unspecified atom stereocenters. The number of amides is 1. The van der Waals surface area contributed by atoms with Crippen LogP contribution in [0.25, 0.3) is 0 Å². The molecule has 0 saturated heterocycles. The first-order valence-corrected chi connectivity index (χ1v) is 11.3. The molecule has 0 bridgehead atoms. The largest absolute Gasteiger partial charge is 0.436 e. The van der Waals surface area contributed by atoms with Crippen LogP contribution in [-0.4, -0.2) is 34.4 Å². The Balaban J connectivity index is 1.52. The van der Waals surface area contributed by atoms with Crippen LogP contribution in [0.3, 0.4) is 0 Å². The SMILES string of the molecule is Cc1c(F)c(Oc2cccc(C#N)c2)nc(Oc2cccc(C(=O)N(C)CCc3ccccn3)c2)c1F. The predicted octanol–water partition coefficient (Wildman–Crippen LogP) is 5.83. The molecule has 0 aliphatic carbocycles. The zero-order valence-electron chi connectivity index (χ0n) is 20.1. The van der Waals surface area contributed by atoms with Gasteiger partial charge in [-0.15, -0.1) is 0 Å². The topological polar surface area (TPSA) is 88.3 Å². The molecule has 4 aromatic rings. The van der Waals surface area contributed by atoms with Crippen molar-refractivity contribution in [2.24, 2.45) is 0 Å². The molecular formula is C28H22F2N4O3. The molecule has 186 valence electrons. The summed E-state index contributed by atoms with van der Waals surface area (Å²) < 4.78 is 40.6. The fraction of sp³-hybridized carbons (Fsp3) is 0.143. The van der Waals surface area contributed by atoms with E-state index in [9.17, 15) is 13.6 Å². The Kier molecular flexibility index (Phi) is 7.69. The Bertz CT molecular complexity index is 1470. The number of hydrogen-bond donors (Lipinski definition) is 0. The minimum absolute atomic E-state index is 0.138. The van der Waals surface area contributed by atoms with Gasteiger partial charge in [0, 0.05) is 43.0 Å². The lowest BCUT2D eigenvalue weighted by atomic mass is 10.2. The molecule has 4 rings (SSSR count). The molecule has 2 heterocycles. The van der Waals surface area contributed by atoms with Gasteiger partial charge in [0.15, 0.2) is 11.6 Å². The fourth-order valence-electron chi connectivity index (χ4n) is 3.44. The summed E-state index contributed by atoms with van der Waals surface area (Å²) in [6.07, 6.45) is 2.28. The molecule has 37 heavy (non-hydrogen) atoms. The second-order valence-corrected chi connectivity index (χ2v) is 8.14. The number of likely N-dealkylation sites (N-methyl/N-ethyl adjacent to an activating group) is 1. The minimum Gasteiger partial charge on any atom is -0.436 e. The highest BCUT2D eigenvalue weighted by Gasteiger charge is 2.21. The first-order valence-electron chi connectivity index (χ1n) is 11.3. The lowest BCUT2D eigenvalue weighted by molar-refractivity contribution is 0.0796. The van der Waals surface area contributed by atoms with Gasteiger partial charge in [0.05, 0.1) is 11.6 Å². The van der Waals surface area contributed by atoms with Crippen LogP contribution in [0.15, 0.2) is 72.9 Å². The van der Waals surface area contributed by atoms with Gasteiger partial charge in [-0.05, 0) is 55.5 Å². The summed E-state index contributed by atoms with van der Waals surface area (Å²) in [5, 5.41) is 9.05. The molecule has 0 radical (unpaired) electrons. The first-order chi connectivity index (χ1) is 17.9. The van der Waals surface area contributed by atoms with Gasteiger partial charge < -0.3 is 14.4 Å². The van der Waals surface area contributed by atoms with Crippen molar-refractivity contribution in [1.82, 2.24) is 14.9 Å². The Labute approximate surface area is 212 Å². The van der Waals surface area contributed by atoms with E-state index in [1.807, 2.05) is 24.3 Å². The van der Waals surface area contributed by atoms with Crippen molar-refractivity contribution in [2.45, 2.75) is 13.3 Å². The van der Waals surface area contributed by atoms with Crippen LogP contribution in [0.4, 0.5) is 8.78 Å². The van der Waals surface area contributed by atoms with Gasteiger partial charge in [-0.1, -0.05) is 18.2 Å². The number of nitriles is 1. The van der Waals surface area contributed by atoms with E-state index in [1.165, 1.54) is 31.2 Å². The number of pyridine rings is 2. The van der Waals surface area contributed by atoms with E-state index in [0.717, 1.165) is 5.69 Å². The number of carbonyl (C=O) groups is 1. The van der Waals surface area contributed by atoms with E-state index >= 15 is 0 Å². The van der Waals surface area contributed by atoms with Gasteiger partial charge in [-0.3, -0.25) is 9.78 Å². The summed E-state index contributed by atoms with van der Waals surface area (Å²) in [6, 6.07) is 19.8. The van der Waals surface area contributed by atoms with E-state index in [0.29, 0.717) is 24.1 Å². The Hall–Kier alpha value is -4.84. The number of halogens is 2. The van der Waals surface area contributed by atoms with Crippen LogP contribution < -0.4 is 9.47 Å². The number of benzene rings is 2. The summed E-state index contributed by atoms with van der Waals surface area (Å²) in [4.78, 5) is 22.6. The third-order valence-corrected chi connectivity index (χ3v) is 5.49. The summed E-state index contributed by atoms with van der Waals surface area (Å²) in [7, 11) is 1.67. The molecule has 0 aliphatic rings. The standard InChI is InChI=1S/C28H22F2N4O3/c1-18-24(29)26(36-22-10-5-7-19(15-22)17-31)33-27(25(18)30)37-23-11-6-8-20(16-23)28(35)34(2)14-12-21-9-3-4-13-32-21/h3-11,13,15-16H,12,14H2,1-2H3. The zero-order valence-corrected chi connectivity index (χ0v) is 20.1. The van der Waals surface area contributed by atoms with Gasteiger partial charge in [-0.2, -0.15) is 10.2 Å². The fourth-order valence-corrected chi connectivity index (χ4v) is 3.44. The number of carbonyl (C=O) groups excluding carboxylic acids is 1. The summed E-state index contributed by atoms with van der Waals surface area (Å²) >= 11 is 0. The van der Waals surface area contributed by atoms with Crippen molar-refractivity contribution in [3.05, 3.63) is 107 Å². The van der Waals surface area contributed by atoms with Crippen LogP contribution in [0.1, 0.15) is 27.2 Å². The van der Waals surface area contributed by atoms with Crippen molar-refractivity contribution in [3.8, 4) is 29.3 Å². The highest BCUT2D eigenvalue weighted by atomic mass is 19.1. The molecule has 0 spiro atoms. The van der Waals surface area contributed by atoms with Crippen LogP contribution in [0.5, 0.6) is 23.3 Å². The molecule has 0 aliphatic heterocycles.